The molecule has 0 aromatic heterocycles. The SMILES string of the molecule is COc1cc(C2CCN(CCC(F)(F)F)CC2)ccc1N. The van der Waals surface area contributed by atoms with Gasteiger partial charge in [0.25, 0.3) is 0 Å². The number of ether oxygens (including phenoxy) is 1. The van der Waals surface area contributed by atoms with Gasteiger partial charge in [0.1, 0.15) is 5.75 Å². The number of methoxy groups -OCH3 is 1. The Hall–Kier alpha value is -1.43. The third kappa shape index (κ3) is 4.52. The predicted molar refractivity (Wildman–Crippen MR) is 76.5 cm³/mol. The molecule has 0 spiro atoms. The van der Waals surface area contributed by atoms with Crippen molar-refractivity contribution in [3.63, 3.8) is 0 Å². The first-order valence-corrected chi connectivity index (χ1v) is 7.11. The highest BCUT2D eigenvalue weighted by atomic mass is 19.4. The Kier molecular flexibility index (Phi) is 4.98. The van der Waals surface area contributed by atoms with Crippen molar-refractivity contribution in [2.75, 3.05) is 32.5 Å². The second kappa shape index (κ2) is 6.56. The number of rotatable bonds is 4. The first-order chi connectivity index (χ1) is 9.89. The Morgan fingerprint density at radius 1 is 1.29 bits per heavy atom. The molecule has 0 amide bonds. The van der Waals surface area contributed by atoms with Crippen LogP contribution < -0.4 is 10.5 Å². The number of hydrogen-bond donors (Lipinski definition) is 1. The van der Waals surface area contributed by atoms with E-state index in [0.29, 0.717) is 30.4 Å². The van der Waals surface area contributed by atoms with E-state index in [0.717, 1.165) is 18.4 Å². The highest BCUT2D eigenvalue weighted by Gasteiger charge is 2.29. The monoisotopic (exact) mass is 302 g/mol. The summed E-state index contributed by atoms with van der Waals surface area (Å²) < 4.78 is 41.9. The summed E-state index contributed by atoms with van der Waals surface area (Å²) in [6.45, 7) is 1.50. The minimum absolute atomic E-state index is 0.0985. The molecule has 6 heteroatoms. The molecule has 0 radical (unpaired) electrons. The van der Waals surface area contributed by atoms with Crippen LogP contribution in [0, 0.1) is 0 Å². The fourth-order valence-corrected chi connectivity index (χ4v) is 2.76. The van der Waals surface area contributed by atoms with Crippen LogP contribution in [0.1, 0.15) is 30.7 Å². The minimum Gasteiger partial charge on any atom is -0.495 e. The van der Waals surface area contributed by atoms with E-state index in [4.69, 9.17) is 10.5 Å². The summed E-state index contributed by atoms with van der Waals surface area (Å²) in [7, 11) is 1.58. The molecule has 2 N–H and O–H groups in total. The number of piperidine rings is 1. The van der Waals surface area contributed by atoms with Crippen LogP contribution in [0.3, 0.4) is 0 Å². The van der Waals surface area contributed by atoms with E-state index in [2.05, 4.69) is 0 Å². The highest BCUT2D eigenvalue weighted by molar-refractivity contribution is 5.54. The molecule has 21 heavy (non-hydrogen) atoms. The second-order valence-electron chi connectivity index (χ2n) is 5.48. The van der Waals surface area contributed by atoms with Gasteiger partial charge >= 0.3 is 6.18 Å². The van der Waals surface area contributed by atoms with Crippen LogP contribution in [0.4, 0.5) is 18.9 Å². The normalized spacial score (nSPS) is 17.9. The lowest BCUT2D eigenvalue weighted by molar-refractivity contribution is -0.138. The molecule has 1 saturated heterocycles. The quantitative estimate of drug-likeness (QED) is 0.866. The topological polar surface area (TPSA) is 38.5 Å². The Morgan fingerprint density at radius 2 is 1.95 bits per heavy atom. The number of anilines is 1. The molecular weight excluding hydrogens is 281 g/mol. The van der Waals surface area contributed by atoms with E-state index in [-0.39, 0.29) is 6.54 Å². The number of likely N-dealkylation sites (tertiary alicyclic amines) is 1. The lowest BCUT2D eigenvalue weighted by Crippen LogP contribution is -2.35. The number of nitrogens with zero attached hydrogens (tertiary/aromatic N) is 1. The van der Waals surface area contributed by atoms with Gasteiger partial charge in [0.05, 0.1) is 19.2 Å². The molecule has 1 aliphatic rings. The summed E-state index contributed by atoms with van der Waals surface area (Å²) in [5.41, 5.74) is 7.54. The molecule has 1 fully saturated rings. The lowest BCUT2D eigenvalue weighted by atomic mass is 9.89. The summed E-state index contributed by atoms with van der Waals surface area (Å²) in [5.74, 6) is 1.02. The maximum Gasteiger partial charge on any atom is 0.390 e. The average molecular weight is 302 g/mol. The molecule has 0 saturated carbocycles. The zero-order valence-electron chi connectivity index (χ0n) is 12.1. The van der Waals surface area contributed by atoms with Gasteiger partial charge in [0.2, 0.25) is 0 Å². The maximum atomic E-state index is 12.2. The van der Waals surface area contributed by atoms with Crippen molar-refractivity contribution in [1.82, 2.24) is 4.90 Å². The predicted octanol–water partition coefficient (Wildman–Crippen LogP) is 3.41. The lowest BCUT2D eigenvalue weighted by Gasteiger charge is -2.32. The van der Waals surface area contributed by atoms with Gasteiger partial charge < -0.3 is 15.4 Å². The summed E-state index contributed by atoms with van der Waals surface area (Å²) in [6, 6.07) is 5.74. The summed E-state index contributed by atoms with van der Waals surface area (Å²) in [5, 5.41) is 0. The van der Waals surface area contributed by atoms with Crippen LogP contribution in [0.2, 0.25) is 0 Å². The third-order valence-electron chi connectivity index (χ3n) is 4.03. The van der Waals surface area contributed by atoms with E-state index < -0.39 is 12.6 Å². The second-order valence-corrected chi connectivity index (χ2v) is 5.48. The number of nitrogen functional groups attached to an aromatic ring is 1. The Bertz CT molecular complexity index is 468. The number of hydrogen-bond acceptors (Lipinski definition) is 3. The summed E-state index contributed by atoms with van der Waals surface area (Å²) in [4.78, 5) is 1.89. The first-order valence-electron chi connectivity index (χ1n) is 7.11. The van der Waals surface area contributed by atoms with Crippen LogP contribution in [-0.4, -0.2) is 37.8 Å². The number of nitrogens with two attached hydrogens (primary N) is 1. The van der Waals surface area contributed by atoms with Crippen molar-refractivity contribution < 1.29 is 17.9 Å². The average Bonchev–Trinajstić information content (AvgIpc) is 2.45. The van der Waals surface area contributed by atoms with E-state index in [1.54, 1.807) is 7.11 Å². The van der Waals surface area contributed by atoms with Gasteiger partial charge in [-0.05, 0) is 49.5 Å². The van der Waals surface area contributed by atoms with Crippen LogP contribution in [-0.2, 0) is 0 Å². The highest BCUT2D eigenvalue weighted by Crippen LogP contribution is 2.33. The summed E-state index contributed by atoms with van der Waals surface area (Å²) >= 11 is 0. The molecule has 0 atom stereocenters. The number of alkyl halides is 3. The van der Waals surface area contributed by atoms with Crippen LogP contribution in [0.15, 0.2) is 18.2 Å². The first kappa shape index (κ1) is 15.9. The molecule has 118 valence electrons. The van der Waals surface area contributed by atoms with E-state index in [9.17, 15) is 13.2 Å². The molecule has 0 unspecified atom stereocenters. The van der Waals surface area contributed by atoms with E-state index in [1.807, 2.05) is 23.1 Å². The van der Waals surface area contributed by atoms with Gasteiger partial charge in [0.15, 0.2) is 0 Å². The van der Waals surface area contributed by atoms with E-state index >= 15 is 0 Å². The van der Waals surface area contributed by atoms with Gasteiger partial charge in [-0.2, -0.15) is 13.2 Å². The fourth-order valence-electron chi connectivity index (χ4n) is 2.76. The Morgan fingerprint density at radius 3 is 2.52 bits per heavy atom. The molecule has 0 aliphatic carbocycles. The molecule has 2 rings (SSSR count). The van der Waals surface area contributed by atoms with Crippen molar-refractivity contribution in [2.45, 2.75) is 31.4 Å². The molecule has 1 aromatic rings. The van der Waals surface area contributed by atoms with Crippen molar-refractivity contribution in [3.05, 3.63) is 23.8 Å². The largest absolute Gasteiger partial charge is 0.495 e. The Balaban J connectivity index is 1.89. The van der Waals surface area contributed by atoms with Gasteiger partial charge in [-0.1, -0.05) is 6.07 Å². The smallest absolute Gasteiger partial charge is 0.390 e. The molecule has 1 heterocycles. The van der Waals surface area contributed by atoms with Crippen molar-refractivity contribution in [3.8, 4) is 5.75 Å². The van der Waals surface area contributed by atoms with Gasteiger partial charge in [-0.3, -0.25) is 0 Å². The van der Waals surface area contributed by atoms with Gasteiger partial charge in [-0.25, -0.2) is 0 Å². The molecule has 0 bridgehead atoms. The fraction of sp³-hybridized carbons (Fsp3) is 0.600. The number of halogens is 3. The van der Waals surface area contributed by atoms with Gasteiger partial charge in [0, 0.05) is 6.54 Å². The molecule has 3 nitrogen and oxygen atoms in total. The third-order valence-corrected chi connectivity index (χ3v) is 4.03. The molecule has 1 aromatic carbocycles. The van der Waals surface area contributed by atoms with Gasteiger partial charge in [-0.15, -0.1) is 0 Å². The van der Waals surface area contributed by atoms with Crippen molar-refractivity contribution >= 4 is 5.69 Å². The zero-order chi connectivity index (χ0) is 15.5. The standard InChI is InChI=1S/C15H21F3N2O/c1-21-14-10-12(2-3-13(14)19)11-4-7-20(8-5-11)9-6-15(16,17)18/h2-3,10-11H,4-9,19H2,1H3. The van der Waals surface area contributed by atoms with Crippen LogP contribution >= 0.6 is 0 Å². The molecule has 1 aliphatic heterocycles. The maximum absolute atomic E-state index is 12.2. The van der Waals surface area contributed by atoms with Crippen molar-refractivity contribution in [1.29, 1.82) is 0 Å². The minimum atomic E-state index is -4.07. The number of benzene rings is 1. The van der Waals surface area contributed by atoms with Crippen LogP contribution in [0.5, 0.6) is 5.75 Å². The Labute approximate surface area is 122 Å². The summed E-state index contributed by atoms with van der Waals surface area (Å²) in [6.07, 6.45) is -3.07. The zero-order valence-corrected chi connectivity index (χ0v) is 12.1. The van der Waals surface area contributed by atoms with E-state index in [1.165, 1.54) is 0 Å². The van der Waals surface area contributed by atoms with Crippen LogP contribution in [0.25, 0.3) is 0 Å². The van der Waals surface area contributed by atoms with Crippen molar-refractivity contribution in [2.24, 2.45) is 0 Å². The molecular formula is C15H21F3N2O.